The van der Waals surface area contributed by atoms with Gasteiger partial charge in [-0.25, -0.2) is 9.18 Å². The number of hydrogen-bond acceptors (Lipinski definition) is 7. The van der Waals surface area contributed by atoms with Gasteiger partial charge in [-0.1, -0.05) is 0 Å². The maximum Gasteiger partial charge on any atom is 0.319 e. The Labute approximate surface area is 224 Å². The molecule has 0 bridgehead atoms. The van der Waals surface area contributed by atoms with E-state index in [1.807, 2.05) is 16.9 Å². The number of fused-ring (bicyclic) bond motifs is 1. The predicted molar refractivity (Wildman–Crippen MR) is 146 cm³/mol. The van der Waals surface area contributed by atoms with Crippen LogP contribution in [-0.2, 0) is 6.54 Å². The number of benzene rings is 1. The zero-order chi connectivity index (χ0) is 26.1. The molecule has 1 saturated heterocycles. The number of anilines is 1. The minimum absolute atomic E-state index is 0.0809. The van der Waals surface area contributed by atoms with E-state index in [2.05, 4.69) is 43.8 Å². The molecule has 1 aromatic carbocycles. The standard InChI is InChI=1S/C27H30FN7O2S/c1-33-8-10-34(11-9-33)12-13-35-17-18(16-30-35)25-15-22-26(38-25)24(6-7-29-22)37-23-5-4-20(14-21(23)28)32-27(36)31-19-2-3-19/h4-7,14-17,19H,2-3,8-13H2,1H3,(H2,31,32,36). The number of halogens is 1. The molecule has 38 heavy (non-hydrogen) atoms. The molecule has 1 aliphatic carbocycles. The maximum atomic E-state index is 14.8. The van der Waals surface area contributed by atoms with E-state index in [1.165, 1.54) is 12.1 Å². The molecule has 2 amide bonds. The van der Waals surface area contributed by atoms with E-state index < -0.39 is 5.82 Å². The van der Waals surface area contributed by atoms with Gasteiger partial charge in [0.1, 0.15) is 5.75 Å². The van der Waals surface area contributed by atoms with Crippen LogP contribution >= 0.6 is 11.3 Å². The Bertz CT molecular complexity index is 1440. The number of ether oxygens (including phenoxy) is 1. The molecule has 6 rings (SSSR count). The molecule has 4 heterocycles. The molecular formula is C27H30FN7O2S. The molecule has 2 fully saturated rings. The number of piperazine rings is 1. The number of carbonyl (C=O) groups is 1. The molecule has 9 nitrogen and oxygen atoms in total. The van der Waals surface area contributed by atoms with Crippen molar-refractivity contribution in [3.8, 4) is 21.9 Å². The van der Waals surface area contributed by atoms with Gasteiger partial charge in [-0.3, -0.25) is 14.6 Å². The van der Waals surface area contributed by atoms with Crippen molar-refractivity contribution >= 4 is 33.3 Å². The lowest BCUT2D eigenvalue weighted by molar-refractivity contribution is 0.149. The smallest absolute Gasteiger partial charge is 0.319 e. The topological polar surface area (TPSA) is 87.5 Å². The van der Waals surface area contributed by atoms with Crippen molar-refractivity contribution in [2.45, 2.75) is 25.4 Å². The average Bonchev–Trinajstić information content (AvgIpc) is 3.40. The fraction of sp³-hybridized carbons (Fsp3) is 0.370. The van der Waals surface area contributed by atoms with E-state index >= 15 is 0 Å². The van der Waals surface area contributed by atoms with Crippen molar-refractivity contribution < 1.29 is 13.9 Å². The monoisotopic (exact) mass is 535 g/mol. The fourth-order valence-electron chi connectivity index (χ4n) is 4.43. The fourth-order valence-corrected chi connectivity index (χ4v) is 5.47. The summed E-state index contributed by atoms with van der Waals surface area (Å²) < 4.78 is 23.6. The van der Waals surface area contributed by atoms with Crippen LogP contribution in [0.2, 0.25) is 0 Å². The van der Waals surface area contributed by atoms with Crippen molar-refractivity contribution in [3.63, 3.8) is 0 Å². The zero-order valence-electron chi connectivity index (χ0n) is 21.2. The molecule has 3 aromatic heterocycles. The normalized spacial score (nSPS) is 16.6. The molecule has 2 aliphatic rings. The van der Waals surface area contributed by atoms with E-state index in [-0.39, 0.29) is 17.8 Å². The predicted octanol–water partition coefficient (Wildman–Crippen LogP) is 4.62. The van der Waals surface area contributed by atoms with Gasteiger partial charge in [0.25, 0.3) is 0 Å². The van der Waals surface area contributed by atoms with Gasteiger partial charge in [-0.2, -0.15) is 5.10 Å². The molecule has 4 aromatic rings. The van der Waals surface area contributed by atoms with Gasteiger partial charge in [0.05, 0.1) is 23.0 Å². The summed E-state index contributed by atoms with van der Waals surface area (Å²) in [4.78, 5) is 22.3. The van der Waals surface area contributed by atoms with Gasteiger partial charge in [0.15, 0.2) is 11.6 Å². The molecule has 11 heteroatoms. The van der Waals surface area contributed by atoms with Crippen molar-refractivity contribution in [2.24, 2.45) is 0 Å². The van der Waals surface area contributed by atoms with E-state index in [0.717, 1.165) is 72.8 Å². The van der Waals surface area contributed by atoms with E-state index in [1.54, 1.807) is 29.7 Å². The van der Waals surface area contributed by atoms with Crippen LogP contribution in [0.25, 0.3) is 20.7 Å². The molecule has 2 N–H and O–H groups in total. The van der Waals surface area contributed by atoms with E-state index in [4.69, 9.17) is 4.74 Å². The zero-order valence-corrected chi connectivity index (χ0v) is 22.0. The van der Waals surface area contributed by atoms with Crippen LogP contribution in [0.3, 0.4) is 0 Å². The molecule has 1 saturated carbocycles. The van der Waals surface area contributed by atoms with Crippen molar-refractivity contribution in [2.75, 3.05) is 45.1 Å². The van der Waals surface area contributed by atoms with Crippen LogP contribution in [0, 0.1) is 5.82 Å². The lowest BCUT2D eigenvalue weighted by atomic mass is 10.2. The second kappa shape index (κ2) is 10.7. The van der Waals surface area contributed by atoms with Gasteiger partial charge >= 0.3 is 6.03 Å². The summed E-state index contributed by atoms with van der Waals surface area (Å²) >= 11 is 1.54. The summed E-state index contributed by atoms with van der Waals surface area (Å²) in [5, 5.41) is 10.0. The van der Waals surface area contributed by atoms with E-state index in [9.17, 15) is 9.18 Å². The molecule has 0 spiro atoms. The first-order valence-electron chi connectivity index (χ1n) is 12.9. The molecule has 0 atom stereocenters. The van der Waals surface area contributed by atoms with Gasteiger partial charge in [0, 0.05) is 79.4 Å². The third-order valence-electron chi connectivity index (χ3n) is 6.86. The number of thiophene rings is 1. The average molecular weight is 536 g/mol. The maximum absolute atomic E-state index is 14.8. The van der Waals surface area contributed by atoms with Gasteiger partial charge in [-0.15, -0.1) is 11.3 Å². The lowest BCUT2D eigenvalue weighted by Gasteiger charge is -2.32. The van der Waals surface area contributed by atoms with Crippen LogP contribution < -0.4 is 15.4 Å². The third-order valence-corrected chi connectivity index (χ3v) is 8.04. The number of likely N-dealkylation sites (N-methyl/N-ethyl adjacent to an activating group) is 1. The van der Waals surface area contributed by atoms with Crippen molar-refractivity contribution in [1.82, 2.24) is 29.9 Å². The summed E-state index contributed by atoms with van der Waals surface area (Å²) in [6, 6.07) is 8.05. The second-order valence-electron chi connectivity index (χ2n) is 9.89. The first-order chi connectivity index (χ1) is 18.5. The minimum Gasteiger partial charge on any atom is -0.453 e. The number of nitrogens with zero attached hydrogens (tertiary/aromatic N) is 5. The van der Waals surface area contributed by atoms with Crippen molar-refractivity contribution in [1.29, 1.82) is 0 Å². The van der Waals surface area contributed by atoms with Crippen LogP contribution in [0.1, 0.15) is 12.8 Å². The highest BCUT2D eigenvalue weighted by Crippen LogP contribution is 2.39. The van der Waals surface area contributed by atoms with Crippen LogP contribution in [0.15, 0.2) is 48.9 Å². The number of hydrogen-bond donors (Lipinski definition) is 2. The quantitative estimate of drug-likeness (QED) is 0.342. The first kappa shape index (κ1) is 24.8. The van der Waals surface area contributed by atoms with Crippen LogP contribution in [0.4, 0.5) is 14.9 Å². The first-order valence-corrected chi connectivity index (χ1v) is 13.7. The van der Waals surface area contributed by atoms with Crippen LogP contribution in [0.5, 0.6) is 11.5 Å². The number of aromatic nitrogens is 3. The Morgan fingerprint density at radius 3 is 2.76 bits per heavy atom. The molecule has 1 aliphatic heterocycles. The van der Waals surface area contributed by atoms with Gasteiger partial charge in [-0.05, 0) is 38.1 Å². The molecule has 0 radical (unpaired) electrons. The number of nitrogens with one attached hydrogen (secondary N) is 2. The largest absolute Gasteiger partial charge is 0.453 e. The molecular weight excluding hydrogens is 505 g/mol. The molecule has 0 unspecified atom stereocenters. The summed E-state index contributed by atoms with van der Waals surface area (Å²) in [6.07, 6.45) is 7.56. The summed E-state index contributed by atoms with van der Waals surface area (Å²) in [7, 11) is 2.16. The Hall–Kier alpha value is -3.54. The Balaban J connectivity index is 1.13. The summed E-state index contributed by atoms with van der Waals surface area (Å²) in [5.41, 5.74) is 2.17. The second-order valence-corrected chi connectivity index (χ2v) is 10.9. The van der Waals surface area contributed by atoms with Gasteiger partial charge < -0.3 is 20.3 Å². The summed E-state index contributed by atoms with van der Waals surface area (Å²) in [5.74, 6) is 0.0507. The summed E-state index contributed by atoms with van der Waals surface area (Å²) in [6.45, 7) is 6.20. The third kappa shape index (κ3) is 5.79. The minimum atomic E-state index is -0.558. The molecule has 198 valence electrons. The lowest BCUT2D eigenvalue weighted by Crippen LogP contribution is -2.45. The Morgan fingerprint density at radius 2 is 1.97 bits per heavy atom. The van der Waals surface area contributed by atoms with Crippen molar-refractivity contribution in [3.05, 3.63) is 54.7 Å². The highest BCUT2D eigenvalue weighted by molar-refractivity contribution is 7.22. The van der Waals surface area contributed by atoms with E-state index in [0.29, 0.717) is 11.4 Å². The number of pyridine rings is 1. The number of amides is 2. The Kier molecular flexibility index (Phi) is 6.96. The SMILES string of the molecule is CN1CCN(CCn2cc(-c3cc4nccc(Oc5ccc(NC(=O)NC6CC6)cc5F)c4s3)cn2)CC1. The van der Waals surface area contributed by atoms with Gasteiger partial charge in [0.2, 0.25) is 0 Å². The Morgan fingerprint density at radius 1 is 1.13 bits per heavy atom. The number of rotatable bonds is 8. The number of carbonyl (C=O) groups excluding carboxylic acids is 1. The van der Waals surface area contributed by atoms with Crippen LogP contribution in [-0.4, -0.2) is 76.4 Å². The highest BCUT2D eigenvalue weighted by atomic mass is 32.1. The number of urea groups is 1. The highest BCUT2D eigenvalue weighted by Gasteiger charge is 2.23.